The summed E-state index contributed by atoms with van der Waals surface area (Å²) in [5.74, 6) is 1.71. The lowest BCUT2D eigenvalue weighted by Gasteiger charge is -2.32. The minimum atomic E-state index is 0.102. The first-order valence-electron chi connectivity index (χ1n) is 8.99. The van der Waals surface area contributed by atoms with Gasteiger partial charge in [0.1, 0.15) is 5.76 Å². The van der Waals surface area contributed by atoms with Gasteiger partial charge in [0.2, 0.25) is 11.8 Å². The van der Waals surface area contributed by atoms with Crippen LogP contribution in [0.2, 0.25) is 0 Å². The number of H-pyrrole nitrogens is 1. The molecule has 134 valence electrons. The van der Waals surface area contributed by atoms with Crippen molar-refractivity contribution in [2.45, 2.75) is 32.1 Å². The van der Waals surface area contributed by atoms with E-state index in [9.17, 15) is 4.79 Å². The summed E-state index contributed by atoms with van der Waals surface area (Å²) in [5.41, 5.74) is 2.75. The zero-order valence-electron chi connectivity index (χ0n) is 14.8. The molecule has 0 radical (unpaired) electrons. The van der Waals surface area contributed by atoms with Gasteiger partial charge in [0.25, 0.3) is 0 Å². The molecule has 0 bridgehead atoms. The first-order valence-corrected chi connectivity index (χ1v) is 8.99. The van der Waals surface area contributed by atoms with Crippen molar-refractivity contribution in [3.05, 3.63) is 59.7 Å². The smallest absolute Gasteiger partial charge is 0.228 e. The van der Waals surface area contributed by atoms with Crippen LogP contribution in [-0.4, -0.2) is 39.1 Å². The van der Waals surface area contributed by atoms with Gasteiger partial charge in [0.15, 0.2) is 0 Å². The predicted molar refractivity (Wildman–Crippen MR) is 97.5 cm³/mol. The molecule has 0 aliphatic carbocycles. The van der Waals surface area contributed by atoms with Crippen LogP contribution >= 0.6 is 0 Å². The number of hydrogen-bond donors (Lipinski definition) is 1. The molecule has 3 aromatic rings. The average molecular weight is 350 g/mol. The Balaban J connectivity index is 1.45. The fourth-order valence-electron chi connectivity index (χ4n) is 3.50. The van der Waals surface area contributed by atoms with Crippen LogP contribution in [-0.2, 0) is 11.2 Å². The van der Waals surface area contributed by atoms with E-state index in [1.54, 1.807) is 6.20 Å². The van der Waals surface area contributed by atoms with Gasteiger partial charge in [-0.1, -0.05) is 18.2 Å². The van der Waals surface area contributed by atoms with Crippen LogP contribution in [0.1, 0.15) is 35.9 Å². The number of benzene rings is 1. The van der Waals surface area contributed by atoms with E-state index in [0.717, 1.165) is 42.9 Å². The second-order valence-corrected chi connectivity index (χ2v) is 6.76. The molecule has 0 unspecified atom stereocenters. The zero-order valence-corrected chi connectivity index (χ0v) is 14.8. The van der Waals surface area contributed by atoms with Gasteiger partial charge in [0, 0.05) is 36.5 Å². The molecule has 1 saturated heterocycles. The number of aromatic nitrogens is 3. The van der Waals surface area contributed by atoms with E-state index in [-0.39, 0.29) is 12.3 Å². The molecular weight excluding hydrogens is 328 g/mol. The number of nitrogens with one attached hydrogen (secondary N) is 1. The van der Waals surface area contributed by atoms with Crippen LogP contribution in [0.4, 0.5) is 0 Å². The fourth-order valence-corrected chi connectivity index (χ4v) is 3.50. The summed E-state index contributed by atoms with van der Waals surface area (Å²) in [7, 11) is 0. The van der Waals surface area contributed by atoms with Crippen LogP contribution < -0.4 is 0 Å². The first kappa shape index (κ1) is 16.6. The second-order valence-electron chi connectivity index (χ2n) is 6.76. The molecule has 1 fully saturated rings. The number of carbonyl (C=O) groups excluding carboxylic acids is 1. The lowest BCUT2D eigenvalue weighted by atomic mass is 9.94. The molecule has 1 atom stereocenters. The number of nitrogens with zero attached hydrogens (tertiary/aromatic N) is 3. The lowest BCUT2D eigenvalue weighted by molar-refractivity contribution is -0.131. The molecule has 6 heteroatoms. The molecule has 1 N–H and O–H groups in total. The number of aryl methyl sites for hydroxylation is 1. The highest BCUT2D eigenvalue weighted by atomic mass is 16.4. The van der Waals surface area contributed by atoms with Gasteiger partial charge < -0.3 is 9.32 Å². The Morgan fingerprint density at radius 1 is 1.31 bits per heavy atom. The van der Waals surface area contributed by atoms with E-state index >= 15 is 0 Å². The van der Waals surface area contributed by atoms with E-state index in [2.05, 4.69) is 15.2 Å². The number of aromatic amines is 1. The van der Waals surface area contributed by atoms with Gasteiger partial charge in [0.05, 0.1) is 12.1 Å². The van der Waals surface area contributed by atoms with Crippen molar-refractivity contribution < 1.29 is 9.21 Å². The molecule has 6 nitrogen and oxygen atoms in total. The summed E-state index contributed by atoms with van der Waals surface area (Å²) in [4.78, 5) is 19.3. The van der Waals surface area contributed by atoms with E-state index in [1.807, 2.05) is 48.2 Å². The fraction of sp³-hybridized carbons (Fsp3) is 0.350. The van der Waals surface area contributed by atoms with Crippen molar-refractivity contribution in [3.8, 4) is 11.5 Å². The van der Waals surface area contributed by atoms with Gasteiger partial charge >= 0.3 is 0 Å². The summed E-state index contributed by atoms with van der Waals surface area (Å²) in [6.07, 6.45) is 4.12. The number of piperidine rings is 1. The SMILES string of the molecule is Cc1oc(-c2ccccc2)nc1CC(=O)N1CCC[C@H](c2ccn[nH]2)C1. The Labute approximate surface area is 152 Å². The van der Waals surface area contributed by atoms with Crippen molar-refractivity contribution in [1.82, 2.24) is 20.1 Å². The van der Waals surface area contributed by atoms with Crippen LogP contribution in [0.15, 0.2) is 47.0 Å². The monoisotopic (exact) mass is 350 g/mol. The molecule has 2 aromatic heterocycles. The summed E-state index contributed by atoms with van der Waals surface area (Å²) < 4.78 is 5.77. The van der Waals surface area contributed by atoms with Crippen LogP contribution in [0.3, 0.4) is 0 Å². The highest BCUT2D eigenvalue weighted by Crippen LogP contribution is 2.26. The number of oxazole rings is 1. The maximum absolute atomic E-state index is 12.8. The number of amides is 1. The Hall–Kier alpha value is -2.89. The van der Waals surface area contributed by atoms with Crippen molar-refractivity contribution in [3.63, 3.8) is 0 Å². The average Bonchev–Trinajstić information content (AvgIpc) is 3.33. The third kappa shape index (κ3) is 3.40. The Bertz CT molecular complexity index is 871. The summed E-state index contributed by atoms with van der Waals surface area (Å²) in [5, 5.41) is 7.06. The molecule has 1 aliphatic heterocycles. The highest BCUT2D eigenvalue weighted by Gasteiger charge is 2.26. The molecule has 1 aromatic carbocycles. The van der Waals surface area contributed by atoms with Crippen LogP contribution in [0, 0.1) is 6.92 Å². The molecule has 1 aliphatic rings. The van der Waals surface area contributed by atoms with Crippen molar-refractivity contribution >= 4 is 5.91 Å². The number of rotatable bonds is 4. The number of likely N-dealkylation sites (tertiary alicyclic amines) is 1. The Kier molecular flexibility index (Phi) is 4.56. The van der Waals surface area contributed by atoms with E-state index in [4.69, 9.17) is 4.42 Å². The van der Waals surface area contributed by atoms with Gasteiger partial charge in [-0.25, -0.2) is 4.98 Å². The normalized spacial score (nSPS) is 17.4. The van der Waals surface area contributed by atoms with Crippen molar-refractivity contribution in [2.24, 2.45) is 0 Å². The van der Waals surface area contributed by atoms with E-state index in [0.29, 0.717) is 17.6 Å². The Morgan fingerprint density at radius 2 is 2.15 bits per heavy atom. The summed E-state index contributed by atoms with van der Waals surface area (Å²) in [6.45, 7) is 3.39. The molecule has 3 heterocycles. The topological polar surface area (TPSA) is 75.0 Å². The molecular formula is C20H22N4O2. The van der Waals surface area contributed by atoms with Crippen LogP contribution in [0.25, 0.3) is 11.5 Å². The predicted octanol–water partition coefficient (Wildman–Crippen LogP) is 3.32. The third-order valence-corrected chi connectivity index (χ3v) is 4.97. The Morgan fingerprint density at radius 3 is 2.92 bits per heavy atom. The maximum atomic E-state index is 12.8. The van der Waals surface area contributed by atoms with Crippen LogP contribution in [0.5, 0.6) is 0 Å². The van der Waals surface area contributed by atoms with Gasteiger partial charge in [-0.05, 0) is 38.0 Å². The summed E-state index contributed by atoms with van der Waals surface area (Å²) in [6, 6.07) is 11.8. The van der Waals surface area contributed by atoms with E-state index in [1.165, 1.54) is 0 Å². The molecule has 0 spiro atoms. The second kappa shape index (κ2) is 7.15. The number of carbonyl (C=O) groups is 1. The summed E-state index contributed by atoms with van der Waals surface area (Å²) >= 11 is 0. The van der Waals surface area contributed by atoms with Crippen molar-refractivity contribution in [1.29, 1.82) is 0 Å². The van der Waals surface area contributed by atoms with Gasteiger partial charge in [-0.2, -0.15) is 5.10 Å². The van der Waals surface area contributed by atoms with Gasteiger partial charge in [-0.15, -0.1) is 0 Å². The van der Waals surface area contributed by atoms with Gasteiger partial charge in [-0.3, -0.25) is 9.89 Å². The minimum absolute atomic E-state index is 0.102. The molecule has 4 rings (SSSR count). The standard InChI is InChI=1S/C20H22N4O2/c1-14-18(22-20(26-14)15-6-3-2-4-7-15)12-19(25)24-11-5-8-16(13-24)17-9-10-21-23-17/h2-4,6-7,9-10,16H,5,8,11-13H2,1H3,(H,21,23)/t16-/m0/s1. The molecule has 0 saturated carbocycles. The molecule has 26 heavy (non-hydrogen) atoms. The van der Waals surface area contributed by atoms with E-state index < -0.39 is 0 Å². The third-order valence-electron chi connectivity index (χ3n) is 4.97. The maximum Gasteiger partial charge on any atom is 0.228 e. The quantitative estimate of drug-likeness (QED) is 0.783. The highest BCUT2D eigenvalue weighted by molar-refractivity contribution is 5.79. The first-order chi connectivity index (χ1) is 12.7. The van der Waals surface area contributed by atoms with Crippen molar-refractivity contribution in [2.75, 3.05) is 13.1 Å². The number of hydrogen-bond acceptors (Lipinski definition) is 4. The lowest BCUT2D eigenvalue weighted by Crippen LogP contribution is -2.40. The largest absolute Gasteiger partial charge is 0.441 e. The minimum Gasteiger partial charge on any atom is -0.441 e. The molecule has 1 amide bonds. The zero-order chi connectivity index (χ0) is 17.9.